The fourth-order valence-electron chi connectivity index (χ4n) is 2.26. The van der Waals surface area contributed by atoms with E-state index in [1.54, 1.807) is 4.90 Å². The van der Waals surface area contributed by atoms with Crippen molar-refractivity contribution >= 4 is 6.03 Å². The first-order valence-corrected chi connectivity index (χ1v) is 6.35. The molecule has 0 aromatic heterocycles. The van der Waals surface area contributed by atoms with Crippen LogP contribution in [-0.4, -0.2) is 43.8 Å². The molecule has 16 heavy (non-hydrogen) atoms. The van der Waals surface area contributed by atoms with Crippen LogP contribution in [0.5, 0.6) is 0 Å². The minimum absolute atomic E-state index is 0.0790. The van der Waals surface area contributed by atoms with Crippen LogP contribution in [0.15, 0.2) is 0 Å². The molecule has 2 rings (SSSR count). The van der Waals surface area contributed by atoms with E-state index in [9.17, 15) is 4.79 Å². The van der Waals surface area contributed by atoms with Gasteiger partial charge in [0.25, 0.3) is 0 Å². The average Bonchev–Trinajstić information content (AvgIpc) is 2.24. The maximum absolute atomic E-state index is 11.8. The lowest BCUT2D eigenvalue weighted by Crippen LogP contribution is -2.47. The van der Waals surface area contributed by atoms with Crippen molar-refractivity contribution in [3.8, 4) is 0 Å². The first-order valence-electron chi connectivity index (χ1n) is 6.35. The van der Waals surface area contributed by atoms with Gasteiger partial charge >= 0.3 is 6.03 Å². The van der Waals surface area contributed by atoms with E-state index in [1.165, 1.54) is 12.8 Å². The third-order valence-electron chi connectivity index (χ3n) is 3.57. The van der Waals surface area contributed by atoms with Crippen molar-refractivity contribution in [3.05, 3.63) is 0 Å². The number of hydrogen-bond acceptors (Lipinski definition) is 2. The highest BCUT2D eigenvalue weighted by molar-refractivity contribution is 5.74. The predicted molar refractivity (Wildman–Crippen MR) is 62.3 cm³/mol. The fourth-order valence-corrected chi connectivity index (χ4v) is 2.26. The Kier molecular flexibility index (Phi) is 4.04. The van der Waals surface area contributed by atoms with Crippen molar-refractivity contribution in [1.29, 1.82) is 0 Å². The molecule has 1 heterocycles. The van der Waals surface area contributed by atoms with Crippen LogP contribution in [0.2, 0.25) is 0 Å². The van der Waals surface area contributed by atoms with Gasteiger partial charge in [0.1, 0.15) is 0 Å². The van der Waals surface area contributed by atoms with Gasteiger partial charge in [0.15, 0.2) is 0 Å². The van der Waals surface area contributed by atoms with Crippen LogP contribution in [0.3, 0.4) is 0 Å². The molecular weight excluding hydrogens is 204 g/mol. The molecule has 2 fully saturated rings. The molecule has 2 aliphatic rings. The zero-order chi connectivity index (χ0) is 11.4. The van der Waals surface area contributed by atoms with Crippen LogP contribution < -0.4 is 5.32 Å². The van der Waals surface area contributed by atoms with E-state index in [1.807, 2.05) is 7.05 Å². The normalized spacial score (nSPS) is 25.9. The number of carbonyl (C=O) groups is 1. The second-order valence-corrected chi connectivity index (χ2v) is 5.04. The number of amides is 2. The summed E-state index contributed by atoms with van der Waals surface area (Å²) < 4.78 is 5.42. The van der Waals surface area contributed by atoms with E-state index in [0.717, 1.165) is 39.0 Å². The highest BCUT2D eigenvalue weighted by Crippen LogP contribution is 2.19. The second-order valence-electron chi connectivity index (χ2n) is 5.04. The van der Waals surface area contributed by atoms with Gasteiger partial charge in [-0.2, -0.15) is 0 Å². The number of ether oxygens (including phenoxy) is 1. The quantitative estimate of drug-likeness (QED) is 0.794. The molecule has 4 nitrogen and oxygen atoms in total. The molecular formula is C12H22N2O2. The summed E-state index contributed by atoms with van der Waals surface area (Å²) in [4.78, 5) is 13.6. The second kappa shape index (κ2) is 5.53. The molecule has 0 radical (unpaired) electrons. The van der Waals surface area contributed by atoms with Crippen molar-refractivity contribution in [2.75, 3.05) is 26.8 Å². The Morgan fingerprint density at radius 1 is 1.38 bits per heavy atom. The van der Waals surface area contributed by atoms with Gasteiger partial charge in [-0.15, -0.1) is 0 Å². The number of nitrogens with one attached hydrogen (secondary N) is 1. The lowest BCUT2D eigenvalue weighted by Gasteiger charge is -2.31. The lowest BCUT2D eigenvalue weighted by atomic mass is 9.93. The van der Waals surface area contributed by atoms with Gasteiger partial charge in [-0.05, 0) is 32.1 Å². The Balaban J connectivity index is 1.68. The maximum atomic E-state index is 11.8. The summed E-state index contributed by atoms with van der Waals surface area (Å²) >= 11 is 0. The van der Waals surface area contributed by atoms with Crippen LogP contribution in [0.1, 0.15) is 32.1 Å². The van der Waals surface area contributed by atoms with Crippen LogP contribution in [0.25, 0.3) is 0 Å². The van der Waals surface area contributed by atoms with E-state index in [2.05, 4.69) is 5.32 Å². The molecule has 1 saturated carbocycles. The van der Waals surface area contributed by atoms with Crippen molar-refractivity contribution in [3.63, 3.8) is 0 Å². The maximum Gasteiger partial charge on any atom is 0.317 e. The zero-order valence-electron chi connectivity index (χ0n) is 10.1. The topological polar surface area (TPSA) is 41.6 Å². The van der Waals surface area contributed by atoms with Crippen molar-refractivity contribution in [2.45, 2.75) is 38.1 Å². The summed E-state index contributed by atoms with van der Waals surface area (Å²) in [6, 6.07) is 0.507. The third-order valence-corrected chi connectivity index (χ3v) is 3.57. The van der Waals surface area contributed by atoms with Gasteiger partial charge in [-0.3, -0.25) is 0 Å². The summed E-state index contributed by atoms with van der Waals surface area (Å²) in [7, 11) is 1.88. The summed E-state index contributed by atoms with van der Waals surface area (Å²) in [5.74, 6) is 0.519. The summed E-state index contributed by atoms with van der Waals surface area (Å²) in [6.07, 6.45) is 5.85. The Morgan fingerprint density at radius 2 is 2.19 bits per heavy atom. The number of rotatable bonds is 3. The van der Waals surface area contributed by atoms with E-state index in [0.29, 0.717) is 12.0 Å². The van der Waals surface area contributed by atoms with E-state index < -0.39 is 0 Å². The largest absolute Gasteiger partial charge is 0.381 e. The molecule has 0 spiro atoms. The SMILES string of the molecule is CN(CC1CCCOC1)C(=O)NC1CCC1. The molecule has 0 aromatic rings. The molecule has 2 amide bonds. The van der Waals surface area contributed by atoms with Gasteiger partial charge in [-0.1, -0.05) is 0 Å². The van der Waals surface area contributed by atoms with E-state index in [-0.39, 0.29) is 6.03 Å². The predicted octanol–water partition coefficient (Wildman–Crippen LogP) is 1.61. The van der Waals surface area contributed by atoms with Gasteiger partial charge < -0.3 is 15.0 Å². The standard InChI is InChI=1S/C12H22N2O2/c1-14(8-10-4-3-7-16-9-10)12(15)13-11-5-2-6-11/h10-11H,2-9H2,1H3,(H,13,15). The Labute approximate surface area is 97.3 Å². The first-order chi connectivity index (χ1) is 7.75. The Hall–Kier alpha value is -0.770. The smallest absolute Gasteiger partial charge is 0.317 e. The highest BCUT2D eigenvalue weighted by atomic mass is 16.5. The highest BCUT2D eigenvalue weighted by Gasteiger charge is 2.23. The van der Waals surface area contributed by atoms with Gasteiger partial charge in [0, 0.05) is 32.2 Å². The summed E-state index contributed by atoms with van der Waals surface area (Å²) in [5, 5.41) is 3.05. The van der Waals surface area contributed by atoms with Gasteiger partial charge in [0.2, 0.25) is 0 Å². The van der Waals surface area contributed by atoms with E-state index in [4.69, 9.17) is 4.74 Å². The van der Waals surface area contributed by atoms with Crippen LogP contribution in [0, 0.1) is 5.92 Å². The number of hydrogen-bond donors (Lipinski definition) is 1. The molecule has 1 unspecified atom stereocenters. The van der Waals surface area contributed by atoms with Gasteiger partial charge in [-0.25, -0.2) is 4.79 Å². The fraction of sp³-hybridized carbons (Fsp3) is 0.917. The first kappa shape index (κ1) is 11.7. The molecule has 0 bridgehead atoms. The summed E-state index contributed by atoms with van der Waals surface area (Å²) in [6.45, 7) is 2.51. The van der Waals surface area contributed by atoms with Crippen LogP contribution in [0.4, 0.5) is 4.79 Å². The Bertz CT molecular complexity index is 235. The minimum Gasteiger partial charge on any atom is -0.381 e. The number of nitrogens with zero attached hydrogens (tertiary/aromatic N) is 1. The molecule has 1 saturated heterocycles. The Morgan fingerprint density at radius 3 is 2.75 bits per heavy atom. The molecule has 1 N–H and O–H groups in total. The van der Waals surface area contributed by atoms with Crippen molar-refractivity contribution < 1.29 is 9.53 Å². The minimum atomic E-state index is 0.0790. The van der Waals surface area contributed by atoms with Gasteiger partial charge in [0.05, 0.1) is 6.61 Å². The van der Waals surface area contributed by atoms with E-state index >= 15 is 0 Å². The summed E-state index contributed by atoms with van der Waals surface area (Å²) in [5.41, 5.74) is 0. The van der Waals surface area contributed by atoms with Crippen LogP contribution in [-0.2, 0) is 4.74 Å². The molecule has 4 heteroatoms. The third kappa shape index (κ3) is 3.11. The number of urea groups is 1. The molecule has 1 aliphatic heterocycles. The van der Waals surface area contributed by atoms with Crippen molar-refractivity contribution in [2.24, 2.45) is 5.92 Å². The monoisotopic (exact) mass is 226 g/mol. The molecule has 1 atom stereocenters. The molecule has 0 aromatic carbocycles. The van der Waals surface area contributed by atoms with Crippen molar-refractivity contribution in [1.82, 2.24) is 10.2 Å². The number of carbonyl (C=O) groups excluding carboxylic acids is 1. The zero-order valence-corrected chi connectivity index (χ0v) is 10.1. The molecule has 1 aliphatic carbocycles. The molecule has 92 valence electrons. The average molecular weight is 226 g/mol. The van der Waals surface area contributed by atoms with Crippen LogP contribution >= 0.6 is 0 Å². The lowest BCUT2D eigenvalue weighted by molar-refractivity contribution is 0.0454.